The summed E-state index contributed by atoms with van der Waals surface area (Å²) in [5, 5.41) is 21.5. The molecule has 0 aromatic rings. The fraction of sp³-hybridized carbons (Fsp3) is 0.750. The van der Waals surface area contributed by atoms with E-state index in [1.54, 1.807) is 0 Å². The Morgan fingerprint density at radius 1 is 1.33 bits per heavy atom. The molecule has 0 saturated carbocycles. The van der Waals surface area contributed by atoms with E-state index in [2.05, 4.69) is 13.8 Å². The quantitative estimate of drug-likeness (QED) is 0.253. The van der Waals surface area contributed by atoms with Gasteiger partial charge in [-0.2, -0.15) is 6.42 Å². The summed E-state index contributed by atoms with van der Waals surface area (Å²) in [5.41, 5.74) is 0. The molecule has 0 radical (unpaired) electrons. The maximum Gasteiger partial charge on any atom is 1.00 e. The maximum atomic E-state index is 7.17. The van der Waals surface area contributed by atoms with Crippen molar-refractivity contribution in [3.8, 4) is 0 Å². The van der Waals surface area contributed by atoms with Gasteiger partial charge in [0, 0.05) is 0 Å². The Balaban J connectivity index is -0.0000000720. The number of hydrogen-bond acceptors (Lipinski definition) is 3. The monoisotopic (exact) mass is 126 g/mol. The zero-order valence-corrected chi connectivity index (χ0v) is 6.04. The van der Waals surface area contributed by atoms with Crippen LogP contribution in [0.1, 0.15) is 19.8 Å². The first-order valence-corrected chi connectivity index (χ1v) is 2.48. The second-order valence-corrected chi connectivity index (χ2v) is 1.20. The largest absolute Gasteiger partial charge is 1.00 e. The van der Waals surface area contributed by atoms with E-state index in [1.165, 1.54) is 6.42 Å². The van der Waals surface area contributed by atoms with Gasteiger partial charge in [-0.1, -0.05) is 13.3 Å². The standard InChI is InChI=1S/C4H9.BH3O3.Li/c1-3-4-2;2-1(3)4;/h1,3-4H2,2H3;2-4H;/q-1;;+1. The van der Waals surface area contributed by atoms with E-state index in [0.29, 0.717) is 0 Å². The van der Waals surface area contributed by atoms with Gasteiger partial charge < -0.3 is 22.0 Å². The van der Waals surface area contributed by atoms with E-state index in [4.69, 9.17) is 15.1 Å². The van der Waals surface area contributed by atoms with Gasteiger partial charge in [-0.15, -0.1) is 0 Å². The molecule has 0 spiro atoms. The third-order valence-electron chi connectivity index (χ3n) is 0.354. The fourth-order valence-electron chi connectivity index (χ4n) is 0. The third kappa shape index (κ3) is 154. The van der Waals surface area contributed by atoms with Gasteiger partial charge in [-0.3, -0.25) is 0 Å². The van der Waals surface area contributed by atoms with Gasteiger partial charge in [0.2, 0.25) is 0 Å². The van der Waals surface area contributed by atoms with Crippen LogP contribution < -0.4 is 18.9 Å². The molecular formula is C4H12BLiO3. The average Bonchev–Trinajstić information content (AvgIpc) is 1.65. The van der Waals surface area contributed by atoms with Crippen LogP contribution >= 0.6 is 0 Å². The Labute approximate surface area is 68.4 Å². The van der Waals surface area contributed by atoms with E-state index >= 15 is 0 Å². The summed E-state index contributed by atoms with van der Waals surface area (Å²) >= 11 is 0. The number of hydrogen-bond donors (Lipinski definition) is 3. The summed E-state index contributed by atoms with van der Waals surface area (Å²) in [5.74, 6) is 0. The minimum Gasteiger partial charge on any atom is -0.402 e. The van der Waals surface area contributed by atoms with E-state index in [0.717, 1.165) is 6.42 Å². The Morgan fingerprint density at radius 3 is 1.44 bits per heavy atom. The minimum absolute atomic E-state index is 0. The topological polar surface area (TPSA) is 60.7 Å². The summed E-state index contributed by atoms with van der Waals surface area (Å²) in [6.07, 6.45) is 2.28. The first kappa shape index (κ1) is 16.3. The van der Waals surface area contributed by atoms with Crippen LogP contribution in [0.5, 0.6) is 0 Å². The summed E-state index contributed by atoms with van der Waals surface area (Å²) in [6, 6.07) is 0. The summed E-state index contributed by atoms with van der Waals surface area (Å²) in [4.78, 5) is 0. The molecule has 0 atom stereocenters. The van der Waals surface area contributed by atoms with Gasteiger partial charge in [-0.05, 0) is 0 Å². The van der Waals surface area contributed by atoms with Gasteiger partial charge >= 0.3 is 26.2 Å². The van der Waals surface area contributed by atoms with Crippen molar-refractivity contribution in [2.45, 2.75) is 19.8 Å². The van der Waals surface area contributed by atoms with Crippen molar-refractivity contribution >= 4 is 7.32 Å². The van der Waals surface area contributed by atoms with E-state index < -0.39 is 7.32 Å². The van der Waals surface area contributed by atoms with Crippen LogP contribution in [0, 0.1) is 6.92 Å². The van der Waals surface area contributed by atoms with Crippen molar-refractivity contribution in [1.82, 2.24) is 0 Å². The van der Waals surface area contributed by atoms with Crippen LogP contribution in [-0.4, -0.2) is 22.4 Å². The van der Waals surface area contributed by atoms with Crippen molar-refractivity contribution in [3.05, 3.63) is 6.92 Å². The normalized spacial score (nSPS) is 6.33. The molecule has 0 bridgehead atoms. The van der Waals surface area contributed by atoms with Gasteiger partial charge in [0.25, 0.3) is 0 Å². The SMILES string of the molecule is OB(O)O.[CH2-]CCC.[Li+]. The molecule has 0 aromatic carbocycles. The zero-order chi connectivity index (χ0) is 6.99. The first-order chi connectivity index (χ1) is 3.65. The molecule has 9 heavy (non-hydrogen) atoms. The van der Waals surface area contributed by atoms with Crippen LogP contribution in [0.25, 0.3) is 0 Å². The van der Waals surface area contributed by atoms with Crippen LogP contribution in [0.2, 0.25) is 0 Å². The van der Waals surface area contributed by atoms with Gasteiger partial charge in [0.05, 0.1) is 0 Å². The second kappa shape index (κ2) is 15.8. The molecule has 0 aliphatic heterocycles. The fourth-order valence-corrected chi connectivity index (χ4v) is 0. The predicted octanol–water partition coefficient (Wildman–Crippen LogP) is -3.43. The van der Waals surface area contributed by atoms with Crippen molar-refractivity contribution in [1.29, 1.82) is 0 Å². The Bertz CT molecular complexity index is 32.2. The van der Waals surface area contributed by atoms with Crippen LogP contribution in [0.15, 0.2) is 0 Å². The van der Waals surface area contributed by atoms with Crippen LogP contribution in [0.4, 0.5) is 0 Å². The molecule has 0 unspecified atom stereocenters. The molecule has 0 amide bonds. The van der Waals surface area contributed by atoms with E-state index in [1.807, 2.05) is 0 Å². The molecule has 0 saturated heterocycles. The number of rotatable bonds is 1. The molecule has 0 aliphatic carbocycles. The van der Waals surface area contributed by atoms with Crippen LogP contribution in [0.3, 0.4) is 0 Å². The molecule has 0 rings (SSSR count). The molecule has 50 valence electrons. The maximum absolute atomic E-state index is 7.17. The van der Waals surface area contributed by atoms with Crippen molar-refractivity contribution in [3.63, 3.8) is 0 Å². The summed E-state index contributed by atoms with van der Waals surface area (Å²) in [6.45, 7) is 5.72. The Morgan fingerprint density at radius 2 is 1.44 bits per heavy atom. The van der Waals surface area contributed by atoms with Crippen molar-refractivity contribution < 1.29 is 33.9 Å². The Hall–Kier alpha value is 0.542. The van der Waals surface area contributed by atoms with E-state index in [9.17, 15) is 0 Å². The van der Waals surface area contributed by atoms with Crippen molar-refractivity contribution in [2.24, 2.45) is 0 Å². The van der Waals surface area contributed by atoms with Gasteiger partial charge in [-0.25, -0.2) is 0 Å². The average molecular weight is 126 g/mol. The third-order valence-corrected chi connectivity index (χ3v) is 0.354. The molecule has 0 aromatic heterocycles. The van der Waals surface area contributed by atoms with E-state index in [-0.39, 0.29) is 18.9 Å². The molecule has 0 aliphatic rings. The van der Waals surface area contributed by atoms with Crippen LogP contribution in [-0.2, 0) is 0 Å². The number of unbranched alkanes of at least 4 members (excludes halogenated alkanes) is 1. The zero-order valence-electron chi connectivity index (χ0n) is 6.04. The molecule has 0 fully saturated rings. The van der Waals surface area contributed by atoms with Gasteiger partial charge in [0.15, 0.2) is 0 Å². The Kier molecular flexibility index (Phi) is 28.6. The summed E-state index contributed by atoms with van der Waals surface area (Å²) < 4.78 is 0. The molecule has 0 heterocycles. The smallest absolute Gasteiger partial charge is 0.402 e. The van der Waals surface area contributed by atoms with Crippen molar-refractivity contribution in [2.75, 3.05) is 0 Å². The minimum atomic E-state index is -2.17. The molecule has 3 nitrogen and oxygen atoms in total. The molecule has 3 N–H and O–H groups in total. The van der Waals surface area contributed by atoms with Gasteiger partial charge in [0.1, 0.15) is 0 Å². The molecule has 5 heteroatoms. The molecular weight excluding hydrogens is 114 g/mol. The second-order valence-electron chi connectivity index (χ2n) is 1.20. The first-order valence-electron chi connectivity index (χ1n) is 2.48. The predicted molar refractivity (Wildman–Crippen MR) is 32.7 cm³/mol. The summed E-state index contributed by atoms with van der Waals surface area (Å²) in [7, 11) is -2.17.